The minimum Gasteiger partial charge on any atom is -0.465 e. The van der Waals surface area contributed by atoms with E-state index in [1.54, 1.807) is 12.5 Å². The summed E-state index contributed by atoms with van der Waals surface area (Å²) in [7, 11) is 0. The number of imidazole rings is 1. The minimum absolute atomic E-state index is 0.402. The van der Waals surface area contributed by atoms with Gasteiger partial charge < -0.3 is 9.67 Å². The molecule has 0 aromatic carbocycles. The summed E-state index contributed by atoms with van der Waals surface area (Å²) in [6.45, 7) is 0. The first kappa shape index (κ1) is 8.10. The maximum atomic E-state index is 10.3. The van der Waals surface area contributed by atoms with Crippen LogP contribution in [0.15, 0.2) is 12.5 Å². The number of nitrogens with zero attached hydrogens (tertiary/aromatic N) is 2. The maximum Gasteiger partial charge on any atom is 0.410 e. The van der Waals surface area contributed by atoms with Crippen LogP contribution in [0.2, 0.25) is 0 Å². The van der Waals surface area contributed by atoms with Gasteiger partial charge in [-0.2, -0.15) is 0 Å². The molecule has 2 N–H and O–H groups in total. The summed E-state index contributed by atoms with van der Waals surface area (Å²) in [6.07, 6.45) is 5.93. The first-order chi connectivity index (χ1) is 6.25. The molecule has 0 saturated heterocycles. The van der Waals surface area contributed by atoms with Crippen molar-refractivity contribution in [3.05, 3.63) is 12.5 Å². The van der Waals surface area contributed by atoms with Crippen molar-refractivity contribution < 1.29 is 9.90 Å². The molecule has 0 aliphatic heterocycles. The molecule has 1 aliphatic carbocycles. The summed E-state index contributed by atoms with van der Waals surface area (Å²) in [5.74, 6) is 0.402. The molecule has 5 nitrogen and oxygen atoms in total. The Morgan fingerprint density at radius 2 is 2.46 bits per heavy atom. The third kappa shape index (κ3) is 1.63. The smallest absolute Gasteiger partial charge is 0.410 e. The molecule has 1 aliphatic rings. The lowest BCUT2D eigenvalue weighted by atomic mass is 9.93. The van der Waals surface area contributed by atoms with Crippen molar-refractivity contribution in [2.45, 2.75) is 25.3 Å². The van der Waals surface area contributed by atoms with Gasteiger partial charge in [0.1, 0.15) is 0 Å². The van der Waals surface area contributed by atoms with Crippen molar-refractivity contribution in [2.24, 2.45) is 0 Å². The Kier molecular flexibility index (Phi) is 1.92. The van der Waals surface area contributed by atoms with E-state index in [0.717, 1.165) is 0 Å². The Morgan fingerprint density at radius 3 is 3.00 bits per heavy atom. The van der Waals surface area contributed by atoms with E-state index in [0.29, 0.717) is 11.9 Å². The highest BCUT2D eigenvalue weighted by molar-refractivity contribution is 5.81. The highest BCUT2D eigenvalue weighted by Gasteiger charge is 2.19. The first-order valence-electron chi connectivity index (χ1n) is 4.29. The molecule has 1 amide bonds. The number of anilines is 1. The van der Waals surface area contributed by atoms with Gasteiger partial charge >= 0.3 is 6.09 Å². The van der Waals surface area contributed by atoms with Gasteiger partial charge in [0.05, 0.1) is 6.33 Å². The lowest BCUT2D eigenvalue weighted by Crippen LogP contribution is -2.15. The highest BCUT2D eigenvalue weighted by atomic mass is 16.4. The van der Waals surface area contributed by atoms with Crippen LogP contribution in [0.25, 0.3) is 0 Å². The van der Waals surface area contributed by atoms with Gasteiger partial charge in [-0.1, -0.05) is 0 Å². The topological polar surface area (TPSA) is 67.2 Å². The van der Waals surface area contributed by atoms with Gasteiger partial charge in [0.25, 0.3) is 0 Å². The molecule has 1 aromatic heterocycles. The minimum atomic E-state index is -1.07. The number of hydrogen-bond acceptors (Lipinski definition) is 2. The van der Waals surface area contributed by atoms with Gasteiger partial charge in [-0.3, -0.25) is 5.32 Å². The Morgan fingerprint density at radius 1 is 1.69 bits per heavy atom. The molecular formula is C8H11N3O2. The predicted molar refractivity (Wildman–Crippen MR) is 46.8 cm³/mol. The van der Waals surface area contributed by atoms with Crippen LogP contribution in [-0.4, -0.2) is 20.8 Å². The average Bonchev–Trinajstić information content (AvgIpc) is 2.31. The molecule has 5 heteroatoms. The van der Waals surface area contributed by atoms with Crippen LogP contribution >= 0.6 is 0 Å². The van der Waals surface area contributed by atoms with Crippen molar-refractivity contribution in [1.29, 1.82) is 0 Å². The highest BCUT2D eigenvalue weighted by Crippen LogP contribution is 2.31. The van der Waals surface area contributed by atoms with Crippen LogP contribution in [0.3, 0.4) is 0 Å². The second-order valence-corrected chi connectivity index (χ2v) is 3.22. The predicted octanol–water partition coefficient (Wildman–Crippen LogP) is 1.70. The van der Waals surface area contributed by atoms with Gasteiger partial charge in [-0.25, -0.2) is 9.78 Å². The summed E-state index contributed by atoms with van der Waals surface area (Å²) in [6, 6.07) is 0.525. The lowest BCUT2D eigenvalue weighted by Gasteiger charge is -2.26. The van der Waals surface area contributed by atoms with E-state index >= 15 is 0 Å². The molecule has 1 saturated carbocycles. The van der Waals surface area contributed by atoms with Crippen molar-refractivity contribution in [3.8, 4) is 0 Å². The Balaban J connectivity index is 2.04. The monoisotopic (exact) mass is 181 g/mol. The third-order valence-electron chi connectivity index (χ3n) is 2.33. The molecule has 13 heavy (non-hydrogen) atoms. The summed E-state index contributed by atoms with van der Waals surface area (Å²) < 4.78 is 1.97. The zero-order valence-corrected chi connectivity index (χ0v) is 7.10. The molecule has 1 fully saturated rings. The zero-order chi connectivity index (χ0) is 9.26. The molecule has 1 heterocycles. The molecule has 2 rings (SSSR count). The molecule has 0 bridgehead atoms. The normalized spacial score (nSPS) is 16.6. The van der Waals surface area contributed by atoms with E-state index in [9.17, 15) is 4.79 Å². The molecule has 70 valence electrons. The van der Waals surface area contributed by atoms with E-state index in [-0.39, 0.29) is 0 Å². The molecule has 1 aromatic rings. The number of carboxylic acid groups (broad SMARTS) is 1. The van der Waals surface area contributed by atoms with Crippen LogP contribution in [0, 0.1) is 0 Å². The fourth-order valence-corrected chi connectivity index (χ4v) is 1.40. The number of hydrogen-bond donors (Lipinski definition) is 2. The lowest BCUT2D eigenvalue weighted by molar-refractivity contribution is 0.209. The van der Waals surface area contributed by atoms with E-state index in [2.05, 4.69) is 10.3 Å². The summed E-state index contributed by atoms with van der Waals surface area (Å²) in [5, 5.41) is 10.6. The van der Waals surface area contributed by atoms with Crippen LogP contribution in [0.4, 0.5) is 10.6 Å². The second kappa shape index (κ2) is 3.08. The van der Waals surface area contributed by atoms with E-state index < -0.39 is 6.09 Å². The number of amides is 1. The van der Waals surface area contributed by atoms with E-state index in [1.807, 2.05) is 4.57 Å². The van der Waals surface area contributed by atoms with Crippen molar-refractivity contribution in [2.75, 3.05) is 5.32 Å². The number of nitrogens with one attached hydrogen (secondary N) is 1. The van der Waals surface area contributed by atoms with Crippen molar-refractivity contribution in [1.82, 2.24) is 9.55 Å². The first-order valence-corrected chi connectivity index (χ1v) is 4.29. The fourth-order valence-electron chi connectivity index (χ4n) is 1.40. The van der Waals surface area contributed by atoms with Crippen molar-refractivity contribution in [3.63, 3.8) is 0 Å². The fraction of sp³-hybridized carbons (Fsp3) is 0.500. The standard InChI is InChI=1S/C8H11N3O2/c12-8(13)10-7-4-11(5-9-7)6-2-1-3-6/h4-6,10H,1-3H2,(H,12,13). The largest absolute Gasteiger partial charge is 0.465 e. The van der Waals surface area contributed by atoms with Crippen LogP contribution in [-0.2, 0) is 0 Å². The average molecular weight is 181 g/mol. The summed E-state index contributed by atoms with van der Waals surface area (Å²) in [5.41, 5.74) is 0. The molecule has 0 radical (unpaired) electrons. The second-order valence-electron chi connectivity index (χ2n) is 3.22. The van der Waals surface area contributed by atoms with Crippen LogP contribution in [0.1, 0.15) is 25.3 Å². The van der Waals surface area contributed by atoms with E-state index in [4.69, 9.17) is 5.11 Å². The Hall–Kier alpha value is -1.52. The Labute approximate surface area is 75.4 Å². The van der Waals surface area contributed by atoms with Gasteiger partial charge in [0, 0.05) is 12.2 Å². The number of carbonyl (C=O) groups is 1. The number of aromatic nitrogens is 2. The number of rotatable bonds is 2. The quantitative estimate of drug-likeness (QED) is 0.729. The van der Waals surface area contributed by atoms with Gasteiger partial charge in [-0.05, 0) is 19.3 Å². The SMILES string of the molecule is O=C(O)Nc1cn(C2CCC2)cn1. The van der Waals surface area contributed by atoms with Crippen LogP contribution < -0.4 is 5.32 Å². The van der Waals surface area contributed by atoms with E-state index in [1.165, 1.54) is 19.3 Å². The van der Waals surface area contributed by atoms with Gasteiger partial charge in [0.2, 0.25) is 0 Å². The molecule has 0 atom stereocenters. The third-order valence-corrected chi connectivity index (χ3v) is 2.33. The Bertz CT molecular complexity index is 317. The van der Waals surface area contributed by atoms with Crippen molar-refractivity contribution >= 4 is 11.9 Å². The molecule has 0 unspecified atom stereocenters. The van der Waals surface area contributed by atoms with Gasteiger partial charge in [0.15, 0.2) is 5.82 Å². The molecular weight excluding hydrogens is 170 g/mol. The zero-order valence-electron chi connectivity index (χ0n) is 7.10. The van der Waals surface area contributed by atoms with Gasteiger partial charge in [-0.15, -0.1) is 0 Å². The van der Waals surface area contributed by atoms with Crippen LogP contribution in [0.5, 0.6) is 0 Å². The summed E-state index contributed by atoms with van der Waals surface area (Å²) >= 11 is 0. The maximum absolute atomic E-state index is 10.3. The molecule has 0 spiro atoms. The summed E-state index contributed by atoms with van der Waals surface area (Å²) in [4.78, 5) is 14.2.